The third-order valence-corrected chi connectivity index (χ3v) is 3.47. The Morgan fingerprint density at radius 1 is 1.12 bits per heavy atom. The summed E-state index contributed by atoms with van der Waals surface area (Å²) < 4.78 is 0. The van der Waals surface area contributed by atoms with Gasteiger partial charge >= 0.3 is 5.97 Å². The lowest BCUT2D eigenvalue weighted by Crippen LogP contribution is -2.27. The van der Waals surface area contributed by atoms with Crippen LogP contribution in [0.25, 0.3) is 0 Å². The van der Waals surface area contributed by atoms with Gasteiger partial charge in [-0.05, 0) is 48.9 Å². The molecule has 2 rings (SSSR count). The van der Waals surface area contributed by atoms with Crippen LogP contribution in [0.2, 0.25) is 0 Å². The van der Waals surface area contributed by atoms with Gasteiger partial charge in [-0.15, -0.1) is 0 Å². The Balaban J connectivity index is 2.06. The van der Waals surface area contributed by atoms with Crippen LogP contribution in [0.15, 0.2) is 60.3 Å². The molecule has 0 bridgehead atoms. The fourth-order valence-corrected chi connectivity index (χ4v) is 2.23. The number of carboxylic acids is 1. The first-order valence-electron chi connectivity index (χ1n) is 7.67. The molecule has 0 fully saturated rings. The molecule has 7 nitrogen and oxygen atoms in total. The van der Waals surface area contributed by atoms with E-state index in [9.17, 15) is 19.8 Å². The number of allylic oxidation sites excluding steroid dienone is 1. The Morgan fingerprint density at radius 3 is 2.27 bits per heavy atom. The van der Waals surface area contributed by atoms with Crippen LogP contribution in [-0.2, 0) is 9.59 Å². The average molecular weight is 351 g/mol. The fraction of sp³-hybridized carbons (Fsp3) is 0.105. The molecular weight excluding hydrogens is 334 g/mol. The van der Waals surface area contributed by atoms with Gasteiger partial charge in [-0.25, -0.2) is 4.79 Å². The molecule has 7 heteroatoms. The molecule has 26 heavy (non-hydrogen) atoms. The summed E-state index contributed by atoms with van der Waals surface area (Å²) in [5, 5.41) is 32.8. The molecular formula is C19H17N3O4. The van der Waals surface area contributed by atoms with Crippen molar-refractivity contribution in [2.45, 2.75) is 13.0 Å². The van der Waals surface area contributed by atoms with Gasteiger partial charge in [0.05, 0.1) is 11.6 Å². The number of nitrogens with one attached hydrogen (secondary N) is 2. The number of phenols is 1. The van der Waals surface area contributed by atoms with Crippen molar-refractivity contribution in [2.24, 2.45) is 0 Å². The van der Waals surface area contributed by atoms with Crippen molar-refractivity contribution in [1.29, 1.82) is 5.26 Å². The van der Waals surface area contributed by atoms with Gasteiger partial charge in [0, 0.05) is 17.5 Å². The molecule has 2 aromatic rings. The minimum Gasteiger partial charge on any atom is -0.508 e. The zero-order chi connectivity index (χ0) is 19.1. The summed E-state index contributed by atoms with van der Waals surface area (Å²) in [6.45, 7) is 1.58. The number of carbonyl (C=O) groups excluding carboxylic acids is 1. The molecule has 1 unspecified atom stereocenters. The van der Waals surface area contributed by atoms with Crippen molar-refractivity contribution < 1.29 is 19.8 Å². The third-order valence-electron chi connectivity index (χ3n) is 3.47. The molecule has 0 aromatic heterocycles. The number of carboxylic acid groups (broad SMARTS) is 1. The van der Waals surface area contributed by atoms with E-state index in [0.29, 0.717) is 22.5 Å². The first-order chi connectivity index (χ1) is 12.4. The Morgan fingerprint density at radius 2 is 1.73 bits per heavy atom. The molecule has 132 valence electrons. The van der Waals surface area contributed by atoms with Crippen molar-refractivity contribution in [2.75, 3.05) is 5.32 Å². The molecule has 0 saturated carbocycles. The topological polar surface area (TPSA) is 122 Å². The van der Waals surface area contributed by atoms with Crippen LogP contribution in [-0.4, -0.2) is 22.1 Å². The van der Waals surface area contributed by atoms with Crippen LogP contribution in [0.4, 0.5) is 5.69 Å². The number of aromatic hydroxyl groups is 1. The summed E-state index contributed by atoms with van der Waals surface area (Å²) in [6, 6.07) is 13.1. The van der Waals surface area contributed by atoms with Gasteiger partial charge < -0.3 is 20.8 Å². The maximum absolute atomic E-state index is 12.0. The highest BCUT2D eigenvalue weighted by molar-refractivity contribution is 5.99. The minimum atomic E-state index is -1.11. The van der Waals surface area contributed by atoms with Gasteiger partial charge in [-0.3, -0.25) is 4.79 Å². The molecule has 0 aliphatic heterocycles. The molecule has 1 atom stereocenters. The standard InChI is InChI=1S/C19H17N3O4/c1-12(10-17(24)22-15-6-2-13(11-20)3-7-15)21-18(19(25)26)14-4-8-16(23)9-5-14/h2-10,18,21,23H,1H3,(H,22,24)(H,25,26)/b12-10+. The Hall–Kier alpha value is -3.79. The smallest absolute Gasteiger partial charge is 0.330 e. The molecule has 4 N–H and O–H groups in total. The number of aliphatic carboxylic acids is 1. The number of nitriles is 1. The first-order valence-corrected chi connectivity index (χ1v) is 7.67. The van der Waals surface area contributed by atoms with E-state index in [1.165, 1.54) is 30.3 Å². The summed E-state index contributed by atoms with van der Waals surface area (Å²) in [5.41, 5.74) is 1.80. The number of hydrogen-bond donors (Lipinski definition) is 4. The number of benzene rings is 2. The second-order valence-electron chi connectivity index (χ2n) is 5.51. The van der Waals surface area contributed by atoms with Crippen LogP contribution in [0.3, 0.4) is 0 Å². The predicted octanol–water partition coefficient (Wildman–Crippen LogP) is 2.52. The van der Waals surface area contributed by atoms with Crippen molar-refractivity contribution >= 4 is 17.6 Å². The van der Waals surface area contributed by atoms with Gasteiger partial charge in [0.1, 0.15) is 11.8 Å². The zero-order valence-electron chi connectivity index (χ0n) is 13.9. The molecule has 0 aliphatic carbocycles. The van der Waals surface area contributed by atoms with Gasteiger partial charge in [0.15, 0.2) is 0 Å². The highest BCUT2D eigenvalue weighted by Crippen LogP contribution is 2.18. The van der Waals surface area contributed by atoms with Gasteiger partial charge in [-0.2, -0.15) is 5.26 Å². The van der Waals surface area contributed by atoms with Gasteiger partial charge in [0.2, 0.25) is 5.91 Å². The van der Waals surface area contributed by atoms with Crippen LogP contribution >= 0.6 is 0 Å². The number of nitrogens with zero attached hydrogens (tertiary/aromatic N) is 1. The monoisotopic (exact) mass is 351 g/mol. The molecule has 0 saturated heterocycles. The maximum Gasteiger partial charge on any atom is 0.330 e. The molecule has 0 aliphatic rings. The van der Waals surface area contributed by atoms with Crippen molar-refractivity contribution in [3.63, 3.8) is 0 Å². The zero-order valence-corrected chi connectivity index (χ0v) is 13.9. The average Bonchev–Trinajstić information content (AvgIpc) is 2.61. The summed E-state index contributed by atoms with van der Waals surface area (Å²) in [7, 11) is 0. The van der Waals surface area contributed by atoms with Gasteiger partial charge in [0.25, 0.3) is 0 Å². The van der Waals surface area contributed by atoms with E-state index < -0.39 is 17.9 Å². The van der Waals surface area contributed by atoms with E-state index in [1.54, 1.807) is 31.2 Å². The number of anilines is 1. The second kappa shape index (κ2) is 8.35. The number of carbonyl (C=O) groups is 2. The van der Waals surface area contributed by atoms with Crippen LogP contribution in [0, 0.1) is 11.3 Å². The lowest BCUT2D eigenvalue weighted by atomic mass is 10.1. The quantitative estimate of drug-likeness (QED) is 0.593. The predicted molar refractivity (Wildman–Crippen MR) is 95.2 cm³/mol. The van der Waals surface area contributed by atoms with Crippen molar-refractivity contribution in [3.05, 3.63) is 71.4 Å². The highest BCUT2D eigenvalue weighted by atomic mass is 16.4. The molecule has 1 amide bonds. The van der Waals surface area contributed by atoms with Crippen molar-refractivity contribution in [3.8, 4) is 11.8 Å². The summed E-state index contributed by atoms with van der Waals surface area (Å²) in [5.74, 6) is -1.52. The molecule has 0 radical (unpaired) electrons. The van der Waals surface area contributed by atoms with E-state index in [2.05, 4.69) is 10.6 Å². The highest BCUT2D eigenvalue weighted by Gasteiger charge is 2.19. The second-order valence-corrected chi connectivity index (χ2v) is 5.51. The van der Waals surface area contributed by atoms with Gasteiger partial charge in [-0.1, -0.05) is 12.1 Å². The van der Waals surface area contributed by atoms with E-state index in [1.807, 2.05) is 6.07 Å². The molecule has 2 aromatic carbocycles. The minimum absolute atomic E-state index is 0.0342. The number of hydrogen-bond acceptors (Lipinski definition) is 5. The summed E-state index contributed by atoms with van der Waals surface area (Å²) >= 11 is 0. The summed E-state index contributed by atoms with van der Waals surface area (Å²) in [4.78, 5) is 23.5. The number of amides is 1. The Labute approximate surface area is 150 Å². The van der Waals surface area contributed by atoms with Crippen LogP contribution in [0.5, 0.6) is 5.75 Å². The SMILES string of the molecule is C/C(=C\C(=O)Nc1ccc(C#N)cc1)NC(C(=O)O)c1ccc(O)cc1. The van der Waals surface area contributed by atoms with E-state index in [-0.39, 0.29) is 5.75 Å². The lowest BCUT2D eigenvalue weighted by Gasteiger charge is -2.16. The molecule has 0 spiro atoms. The maximum atomic E-state index is 12.0. The van der Waals surface area contributed by atoms with Crippen molar-refractivity contribution in [1.82, 2.24) is 5.32 Å². The van der Waals surface area contributed by atoms with E-state index in [4.69, 9.17) is 5.26 Å². The fourth-order valence-electron chi connectivity index (χ4n) is 2.23. The van der Waals surface area contributed by atoms with E-state index >= 15 is 0 Å². The number of rotatable bonds is 6. The van der Waals surface area contributed by atoms with Crippen LogP contribution in [0.1, 0.15) is 24.1 Å². The Kier molecular flexibility index (Phi) is 5.96. The van der Waals surface area contributed by atoms with Crippen LogP contribution < -0.4 is 10.6 Å². The van der Waals surface area contributed by atoms with E-state index in [0.717, 1.165) is 0 Å². The largest absolute Gasteiger partial charge is 0.508 e. The Bertz CT molecular complexity index is 865. The molecule has 0 heterocycles. The third kappa shape index (κ3) is 5.11. The lowest BCUT2D eigenvalue weighted by molar-refractivity contribution is -0.139. The summed E-state index contributed by atoms with van der Waals surface area (Å²) in [6.07, 6.45) is 1.24. The number of phenolic OH excluding ortho intramolecular Hbond substituents is 1. The first kappa shape index (κ1) is 18.5. The normalized spacial score (nSPS) is 11.9.